The Hall–Kier alpha value is -2.80. The molecule has 0 fully saturated rings. The van der Waals surface area contributed by atoms with Crippen LogP contribution in [0.1, 0.15) is 23.1 Å². The van der Waals surface area contributed by atoms with Gasteiger partial charge in [-0.2, -0.15) is 5.10 Å². The van der Waals surface area contributed by atoms with Crippen LogP contribution in [-0.4, -0.2) is 31.5 Å². The van der Waals surface area contributed by atoms with Crippen LogP contribution in [0.25, 0.3) is 16.6 Å². The van der Waals surface area contributed by atoms with Gasteiger partial charge in [0.1, 0.15) is 0 Å². The summed E-state index contributed by atoms with van der Waals surface area (Å²) in [5.41, 5.74) is 10.9. The smallest absolute Gasteiger partial charge is 0.0884 e. The van der Waals surface area contributed by atoms with Crippen molar-refractivity contribution in [3.8, 4) is 5.69 Å². The SMILES string of the molecule is Cl.N[C@@H](Cc1cccc(CCO)n1)c1ncccc1-n1ncc2ccccc21. The molecule has 7 heteroatoms. The van der Waals surface area contributed by atoms with Gasteiger partial charge in [-0.15, -0.1) is 12.4 Å². The number of pyridine rings is 2. The number of rotatable bonds is 6. The van der Waals surface area contributed by atoms with E-state index >= 15 is 0 Å². The number of halogens is 1. The van der Waals surface area contributed by atoms with Crippen molar-refractivity contribution in [3.63, 3.8) is 0 Å². The van der Waals surface area contributed by atoms with Crippen LogP contribution in [0.5, 0.6) is 0 Å². The van der Waals surface area contributed by atoms with E-state index in [4.69, 9.17) is 10.8 Å². The molecular formula is C21H22ClN5O. The molecule has 0 aliphatic rings. The summed E-state index contributed by atoms with van der Waals surface area (Å²) in [4.78, 5) is 9.12. The fraction of sp³-hybridized carbons (Fsp3) is 0.190. The lowest BCUT2D eigenvalue weighted by Crippen LogP contribution is -2.19. The molecule has 0 unspecified atom stereocenters. The van der Waals surface area contributed by atoms with E-state index in [0.29, 0.717) is 12.8 Å². The second-order valence-electron chi connectivity index (χ2n) is 6.43. The van der Waals surface area contributed by atoms with Crippen molar-refractivity contribution in [1.82, 2.24) is 19.7 Å². The molecule has 4 rings (SSSR count). The van der Waals surface area contributed by atoms with Gasteiger partial charge in [0.15, 0.2) is 0 Å². The molecule has 0 saturated carbocycles. The molecule has 0 amide bonds. The lowest BCUT2D eigenvalue weighted by molar-refractivity contribution is 0.298. The van der Waals surface area contributed by atoms with Crippen LogP contribution in [0.2, 0.25) is 0 Å². The van der Waals surface area contributed by atoms with E-state index in [1.165, 1.54) is 0 Å². The minimum absolute atomic E-state index is 0. The molecule has 3 N–H and O–H groups in total. The molecule has 28 heavy (non-hydrogen) atoms. The third-order valence-electron chi connectivity index (χ3n) is 4.53. The Kier molecular flexibility index (Phi) is 6.36. The van der Waals surface area contributed by atoms with Gasteiger partial charge in [0, 0.05) is 42.4 Å². The van der Waals surface area contributed by atoms with Crippen molar-refractivity contribution in [3.05, 3.63) is 84.1 Å². The van der Waals surface area contributed by atoms with E-state index in [1.807, 2.05) is 65.5 Å². The average molecular weight is 396 g/mol. The first kappa shape index (κ1) is 19.9. The van der Waals surface area contributed by atoms with Crippen LogP contribution >= 0.6 is 12.4 Å². The molecule has 3 aromatic heterocycles. The first-order chi connectivity index (χ1) is 13.3. The Labute approximate surface area is 169 Å². The highest BCUT2D eigenvalue weighted by Crippen LogP contribution is 2.24. The van der Waals surface area contributed by atoms with Crippen LogP contribution in [-0.2, 0) is 12.8 Å². The highest BCUT2D eigenvalue weighted by Gasteiger charge is 2.17. The summed E-state index contributed by atoms with van der Waals surface area (Å²) in [6.45, 7) is 0.0826. The van der Waals surface area contributed by atoms with Crippen molar-refractivity contribution in [1.29, 1.82) is 0 Å². The number of nitrogens with two attached hydrogens (primary N) is 1. The number of aromatic nitrogens is 4. The summed E-state index contributed by atoms with van der Waals surface area (Å²) in [5.74, 6) is 0. The van der Waals surface area contributed by atoms with Gasteiger partial charge >= 0.3 is 0 Å². The summed E-state index contributed by atoms with van der Waals surface area (Å²) < 4.78 is 1.88. The van der Waals surface area contributed by atoms with Gasteiger partial charge in [0.05, 0.1) is 29.1 Å². The fourth-order valence-electron chi connectivity index (χ4n) is 3.26. The maximum Gasteiger partial charge on any atom is 0.0884 e. The number of aliphatic hydroxyl groups excluding tert-OH is 1. The highest BCUT2D eigenvalue weighted by molar-refractivity contribution is 5.85. The summed E-state index contributed by atoms with van der Waals surface area (Å²) >= 11 is 0. The predicted octanol–water partition coefficient (Wildman–Crippen LogP) is 3.01. The zero-order valence-electron chi connectivity index (χ0n) is 15.3. The minimum atomic E-state index is -0.318. The van der Waals surface area contributed by atoms with Gasteiger partial charge in [-0.05, 0) is 30.3 Å². The number of fused-ring (bicyclic) bond motifs is 1. The molecule has 144 valence electrons. The zero-order valence-corrected chi connectivity index (χ0v) is 16.1. The molecule has 3 heterocycles. The second-order valence-corrected chi connectivity index (χ2v) is 6.43. The van der Waals surface area contributed by atoms with E-state index in [2.05, 4.69) is 15.1 Å². The van der Waals surface area contributed by atoms with Gasteiger partial charge in [0.2, 0.25) is 0 Å². The summed E-state index contributed by atoms with van der Waals surface area (Å²) in [6, 6.07) is 17.4. The largest absolute Gasteiger partial charge is 0.396 e. The Bertz CT molecular complexity index is 1070. The maximum absolute atomic E-state index is 9.11. The monoisotopic (exact) mass is 395 g/mol. The average Bonchev–Trinajstić information content (AvgIpc) is 3.12. The van der Waals surface area contributed by atoms with Gasteiger partial charge in [-0.1, -0.05) is 24.3 Å². The Morgan fingerprint density at radius 1 is 1.00 bits per heavy atom. The Balaban J connectivity index is 0.00000225. The molecule has 0 spiro atoms. The first-order valence-electron chi connectivity index (χ1n) is 8.95. The van der Waals surface area contributed by atoms with Crippen LogP contribution in [0.15, 0.2) is 67.0 Å². The number of para-hydroxylation sites is 1. The molecular weight excluding hydrogens is 374 g/mol. The number of aliphatic hydroxyl groups is 1. The van der Waals surface area contributed by atoms with Gasteiger partial charge in [-0.25, -0.2) is 4.68 Å². The molecule has 1 aromatic carbocycles. The fourth-order valence-corrected chi connectivity index (χ4v) is 3.26. The van der Waals surface area contributed by atoms with Crippen molar-refractivity contribution in [2.45, 2.75) is 18.9 Å². The summed E-state index contributed by atoms with van der Waals surface area (Å²) in [5, 5.41) is 14.7. The Morgan fingerprint density at radius 2 is 1.82 bits per heavy atom. The van der Waals surface area contributed by atoms with E-state index < -0.39 is 0 Å². The van der Waals surface area contributed by atoms with Crippen molar-refractivity contribution >= 4 is 23.3 Å². The number of hydrogen-bond donors (Lipinski definition) is 2. The zero-order chi connectivity index (χ0) is 18.6. The van der Waals surface area contributed by atoms with Gasteiger partial charge in [0.25, 0.3) is 0 Å². The van der Waals surface area contributed by atoms with Crippen LogP contribution in [0, 0.1) is 0 Å². The molecule has 0 aliphatic heterocycles. The first-order valence-corrected chi connectivity index (χ1v) is 8.95. The predicted molar refractivity (Wildman–Crippen MR) is 112 cm³/mol. The number of benzene rings is 1. The molecule has 6 nitrogen and oxygen atoms in total. The van der Waals surface area contributed by atoms with Gasteiger partial charge < -0.3 is 10.8 Å². The highest BCUT2D eigenvalue weighted by atomic mass is 35.5. The minimum Gasteiger partial charge on any atom is -0.396 e. The number of hydrogen-bond acceptors (Lipinski definition) is 5. The van der Waals surface area contributed by atoms with E-state index in [-0.39, 0.29) is 25.1 Å². The molecule has 1 atom stereocenters. The summed E-state index contributed by atoms with van der Waals surface area (Å²) in [7, 11) is 0. The van der Waals surface area contributed by atoms with Crippen LogP contribution in [0.3, 0.4) is 0 Å². The molecule has 4 aromatic rings. The summed E-state index contributed by atoms with van der Waals surface area (Å²) in [6.07, 6.45) is 4.69. The standard InChI is InChI=1S/C21H21N5O.ClH/c22-18(13-17-7-3-6-16(25-17)10-12-27)21-20(9-4-11-23-21)26-19-8-2-1-5-15(19)14-24-26;/h1-9,11,14,18,27H,10,12-13,22H2;1H/t18-;/m0./s1. The van der Waals surface area contributed by atoms with Crippen molar-refractivity contribution < 1.29 is 5.11 Å². The molecule has 0 bridgehead atoms. The Morgan fingerprint density at radius 3 is 2.68 bits per heavy atom. The van der Waals surface area contributed by atoms with E-state index in [1.54, 1.807) is 6.20 Å². The third-order valence-corrected chi connectivity index (χ3v) is 4.53. The topological polar surface area (TPSA) is 89.9 Å². The normalized spacial score (nSPS) is 11.9. The maximum atomic E-state index is 9.11. The molecule has 0 radical (unpaired) electrons. The van der Waals surface area contributed by atoms with Crippen LogP contribution < -0.4 is 5.73 Å². The lowest BCUT2D eigenvalue weighted by atomic mass is 10.1. The molecule has 0 saturated heterocycles. The van der Waals surface area contributed by atoms with Crippen LogP contribution in [0.4, 0.5) is 0 Å². The third kappa shape index (κ3) is 4.04. The second kappa shape index (κ2) is 8.93. The lowest BCUT2D eigenvalue weighted by Gasteiger charge is -2.16. The number of nitrogens with zero attached hydrogens (tertiary/aromatic N) is 4. The van der Waals surface area contributed by atoms with Crippen molar-refractivity contribution in [2.75, 3.05) is 6.61 Å². The quantitative estimate of drug-likeness (QED) is 0.523. The van der Waals surface area contributed by atoms with Crippen molar-refractivity contribution in [2.24, 2.45) is 5.73 Å². The van der Waals surface area contributed by atoms with E-state index in [9.17, 15) is 0 Å². The van der Waals surface area contributed by atoms with E-state index in [0.717, 1.165) is 33.7 Å². The molecule has 0 aliphatic carbocycles. The van der Waals surface area contributed by atoms with Gasteiger partial charge in [-0.3, -0.25) is 9.97 Å².